The summed E-state index contributed by atoms with van der Waals surface area (Å²) in [6.45, 7) is 3.16. The molecule has 1 amide bonds. The molecule has 2 aromatic rings. The van der Waals surface area contributed by atoms with Crippen LogP contribution in [-0.4, -0.2) is 55.6 Å². The number of carbonyl (C=O) groups excluding carboxylic acids is 1. The molecule has 8 nitrogen and oxygen atoms in total. The van der Waals surface area contributed by atoms with Crippen LogP contribution in [0.2, 0.25) is 5.02 Å². The van der Waals surface area contributed by atoms with Crippen molar-refractivity contribution in [2.75, 3.05) is 50.1 Å². The molecule has 1 aliphatic heterocycles. The molecule has 1 aliphatic rings. The van der Waals surface area contributed by atoms with E-state index in [4.69, 9.17) is 16.3 Å². The zero-order valence-electron chi connectivity index (χ0n) is 15.4. The second-order valence-corrected chi connectivity index (χ2v) is 6.81. The van der Waals surface area contributed by atoms with E-state index in [2.05, 4.69) is 10.2 Å². The molecule has 0 aromatic heterocycles. The standard InChI is InChI=1S/C19H21ClN4O4/c1-28-18-5-3-2-4-17(18)23-10-8-22(9-11-23)13-19(25)21-16-12-14(24(26)27)6-7-15(16)20/h2-7,12H,8-11,13H2,1H3,(H,21,25). The van der Waals surface area contributed by atoms with Crippen LogP contribution in [0.4, 0.5) is 17.1 Å². The van der Waals surface area contributed by atoms with E-state index in [1.54, 1.807) is 7.11 Å². The summed E-state index contributed by atoms with van der Waals surface area (Å²) in [6, 6.07) is 11.8. The van der Waals surface area contributed by atoms with Gasteiger partial charge in [0.05, 0.1) is 35.0 Å². The Hall–Kier alpha value is -2.84. The number of rotatable bonds is 6. The van der Waals surface area contributed by atoms with Gasteiger partial charge in [-0.25, -0.2) is 0 Å². The van der Waals surface area contributed by atoms with Crippen LogP contribution >= 0.6 is 11.6 Å². The lowest BCUT2D eigenvalue weighted by Crippen LogP contribution is -2.48. The van der Waals surface area contributed by atoms with E-state index in [1.807, 2.05) is 29.2 Å². The highest BCUT2D eigenvalue weighted by Crippen LogP contribution is 2.29. The van der Waals surface area contributed by atoms with Crippen molar-refractivity contribution in [3.05, 3.63) is 57.6 Å². The van der Waals surface area contributed by atoms with Crippen molar-refractivity contribution in [1.82, 2.24) is 4.90 Å². The molecule has 2 aromatic carbocycles. The summed E-state index contributed by atoms with van der Waals surface area (Å²) >= 11 is 6.03. The molecular formula is C19H21ClN4O4. The number of piperazine rings is 1. The van der Waals surface area contributed by atoms with Crippen molar-refractivity contribution in [3.63, 3.8) is 0 Å². The van der Waals surface area contributed by atoms with Gasteiger partial charge in [0.15, 0.2) is 0 Å². The van der Waals surface area contributed by atoms with Gasteiger partial charge in [-0.3, -0.25) is 19.8 Å². The molecule has 148 valence electrons. The van der Waals surface area contributed by atoms with Crippen LogP contribution in [-0.2, 0) is 4.79 Å². The first-order chi connectivity index (χ1) is 13.5. The lowest BCUT2D eigenvalue weighted by Gasteiger charge is -2.36. The fourth-order valence-corrected chi connectivity index (χ4v) is 3.32. The summed E-state index contributed by atoms with van der Waals surface area (Å²) in [5.41, 5.74) is 1.16. The number of nitrogens with one attached hydrogen (secondary N) is 1. The van der Waals surface area contributed by atoms with Gasteiger partial charge in [-0.15, -0.1) is 0 Å². The largest absolute Gasteiger partial charge is 0.495 e. The topological polar surface area (TPSA) is 88.0 Å². The Kier molecular flexibility index (Phi) is 6.33. The Bertz CT molecular complexity index is 869. The molecule has 9 heteroatoms. The summed E-state index contributed by atoms with van der Waals surface area (Å²) in [6.07, 6.45) is 0. The molecule has 1 heterocycles. The van der Waals surface area contributed by atoms with Crippen molar-refractivity contribution in [2.45, 2.75) is 0 Å². The van der Waals surface area contributed by atoms with E-state index < -0.39 is 4.92 Å². The summed E-state index contributed by atoms with van der Waals surface area (Å²) in [7, 11) is 1.65. The first kappa shape index (κ1) is 19.9. The van der Waals surface area contributed by atoms with Gasteiger partial charge in [0.2, 0.25) is 5.91 Å². The number of nitro benzene ring substituents is 1. The number of hydrogen-bond acceptors (Lipinski definition) is 6. The Morgan fingerprint density at radius 2 is 1.93 bits per heavy atom. The van der Waals surface area contributed by atoms with Crippen molar-refractivity contribution in [3.8, 4) is 5.75 Å². The average molecular weight is 405 g/mol. The molecule has 0 bridgehead atoms. The van der Waals surface area contributed by atoms with Gasteiger partial charge in [0.1, 0.15) is 5.75 Å². The molecule has 28 heavy (non-hydrogen) atoms. The molecule has 0 saturated carbocycles. The minimum atomic E-state index is -0.525. The van der Waals surface area contributed by atoms with Gasteiger partial charge < -0.3 is 15.0 Å². The van der Waals surface area contributed by atoms with Crippen LogP contribution in [0.1, 0.15) is 0 Å². The fraction of sp³-hybridized carbons (Fsp3) is 0.316. The second-order valence-electron chi connectivity index (χ2n) is 6.40. The average Bonchev–Trinajstić information content (AvgIpc) is 2.70. The quantitative estimate of drug-likeness (QED) is 0.588. The van der Waals surface area contributed by atoms with Crippen molar-refractivity contribution in [2.24, 2.45) is 0 Å². The van der Waals surface area contributed by atoms with Crippen molar-refractivity contribution < 1.29 is 14.5 Å². The minimum absolute atomic E-state index is 0.120. The molecule has 0 unspecified atom stereocenters. The van der Waals surface area contributed by atoms with Crippen LogP contribution in [0.25, 0.3) is 0 Å². The zero-order chi connectivity index (χ0) is 20.1. The van der Waals surface area contributed by atoms with Crippen LogP contribution in [0.15, 0.2) is 42.5 Å². The molecule has 0 spiro atoms. The monoisotopic (exact) mass is 404 g/mol. The van der Waals surface area contributed by atoms with Crippen LogP contribution in [0.5, 0.6) is 5.75 Å². The molecule has 0 atom stereocenters. The third-order valence-corrected chi connectivity index (χ3v) is 4.93. The van der Waals surface area contributed by atoms with Gasteiger partial charge in [-0.05, 0) is 18.2 Å². The predicted octanol–water partition coefficient (Wildman–Crippen LogP) is 3.02. The SMILES string of the molecule is COc1ccccc1N1CCN(CC(=O)Nc2cc([N+](=O)[O-])ccc2Cl)CC1. The predicted molar refractivity (Wildman–Crippen MR) is 108 cm³/mol. The number of benzene rings is 2. The first-order valence-electron chi connectivity index (χ1n) is 8.82. The van der Waals surface area contributed by atoms with Gasteiger partial charge >= 0.3 is 0 Å². The number of methoxy groups -OCH3 is 1. The summed E-state index contributed by atoms with van der Waals surface area (Å²) in [5.74, 6) is 0.571. The maximum atomic E-state index is 12.4. The lowest BCUT2D eigenvalue weighted by atomic mass is 10.2. The number of halogens is 1. The van der Waals surface area contributed by atoms with Gasteiger partial charge in [0.25, 0.3) is 5.69 Å². The minimum Gasteiger partial charge on any atom is -0.495 e. The number of nitrogens with zero attached hydrogens (tertiary/aromatic N) is 3. The molecule has 3 rings (SSSR count). The number of anilines is 2. The molecule has 0 radical (unpaired) electrons. The summed E-state index contributed by atoms with van der Waals surface area (Å²) in [5, 5.41) is 13.8. The molecule has 1 N–H and O–H groups in total. The fourth-order valence-electron chi connectivity index (χ4n) is 3.15. The number of para-hydroxylation sites is 2. The maximum absolute atomic E-state index is 12.4. The van der Waals surface area contributed by atoms with E-state index in [-0.39, 0.29) is 28.8 Å². The van der Waals surface area contributed by atoms with Crippen LogP contribution in [0.3, 0.4) is 0 Å². The lowest BCUT2D eigenvalue weighted by molar-refractivity contribution is -0.384. The van der Waals surface area contributed by atoms with Crippen LogP contribution in [0, 0.1) is 10.1 Å². The normalized spacial score (nSPS) is 14.6. The number of ether oxygens (including phenoxy) is 1. The van der Waals surface area contributed by atoms with Gasteiger partial charge in [-0.2, -0.15) is 0 Å². The van der Waals surface area contributed by atoms with E-state index in [1.165, 1.54) is 18.2 Å². The number of nitro groups is 1. The Balaban J connectivity index is 1.56. The van der Waals surface area contributed by atoms with E-state index in [0.29, 0.717) is 13.1 Å². The van der Waals surface area contributed by atoms with E-state index >= 15 is 0 Å². The van der Waals surface area contributed by atoms with Gasteiger partial charge in [0, 0.05) is 38.3 Å². The highest BCUT2D eigenvalue weighted by atomic mass is 35.5. The second kappa shape index (κ2) is 8.90. The Morgan fingerprint density at radius 3 is 2.61 bits per heavy atom. The zero-order valence-corrected chi connectivity index (χ0v) is 16.2. The molecular weight excluding hydrogens is 384 g/mol. The van der Waals surface area contributed by atoms with Crippen LogP contribution < -0.4 is 15.0 Å². The summed E-state index contributed by atoms with van der Waals surface area (Å²) < 4.78 is 5.41. The number of hydrogen-bond donors (Lipinski definition) is 1. The number of non-ortho nitro benzene ring substituents is 1. The smallest absolute Gasteiger partial charge is 0.271 e. The van der Waals surface area contributed by atoms with Crippen molar-refractivity contribution >= 4 is 34.6 Å². The highest BCUT2D eigenvalue weighted by Gasteiger charge is 2.21. The van der Waals surface area contributed by atoms with E-state index in [9.17, 15) is 14.9 Å². The summed E-state index contributed by atoms with van der Waals surface area (Å²) in [4.78, 5) is 27.0. The third kappa shape index (κ3) is 4.71. The Labute approximate surface area is 167 Å². The molecule has 1 fully saturated rings. The number of amides is 1. The Morgan fingerprint density at radius 1 is 1.21 bits per heavy atom. The maximum Gasteiger partial charge on any atom is 0.271 e. The van der Waals surface area contributed by atoms with E-state index in [0.717, 1.165) is 24.5 Å². The molecule has 1 saturated heterocycles. The molecule has 0 aliphatic carbocycles. The van der Waals surface area contributed by atoms with Gasteiger partial charge in [-0.1, -0.05) is 23.7 Å². The van der Waals surface area contributed by atoms with Crippen molar-refractivity contribution in [1.29, 1.82) is 0 Å². The number of carbonyl (C=O) groups is 1. The highest BCUT2D eigenvalue weighted by molar-refractivity contribution is 6.33. The third-order valence-electron chi connectivity index (χ3n) is 4.60. The first-order valence-corrected chi connectivity index (χ1v) is 9.20.